The molecule has 1 amide bonds. The van der Waals surface area contributed by atoms with Crippen LogP contribution in [0, 0.1) is 0 Å². The van der Waals surface area contributed by atoms with Gasteiger partial charge in [0, 0.05) is 30.6 Å². The van der Waals surface area contributed by atoms with E-state index in [-0.39, 0.29) is 18.1 Å². The first-order valence-electron chi connectivity index (χ1n) is 6.57. The van der Waals surface area contributed by atoms with E-state index < -0.39 is 0 Å². The van der Waals surface area contributed by atoms with E-state index in [1.165, 1.54) is 10.6 Å². The van der Waals surface area contributed by atoms with Crippen molar-refractivity contribution in [3.63, 3.8) is 0 Å². The molecule has 0 saturated carbocycles. The maximum absolute atomic E-state index is 11.8. The van der Waals surface area contributed by atoms with Crippen LogP contribution >= 0.6 is 0 Å². The lowest BCUT2D eigenvalue weighted by Crippen LogP contribution is -2.23. The van der Waals surface area contributed by atoms with Crippen molar-refractivity contribution in [1.82, 2.24) is 4.57 Å². The number of carbonyl (C=O) groups is 1. The average molecular weight is 287 g/mol. The highest BCUT2D eigenvalue weighted by molar-refractivity contribution is 5.91. The number of carbonyl (C=O) groups excluding carboxylic acids is 1. The zero-order valence-corrected chi connectivity index (χ0v) is 11.7. The van der Waals surface area contributed by atoms with Gasteiger partial charge in [-0.3, -0.25) is 9.59 Å². The zero-order chi connectivity index (χ0) is 15.2. The molecular formula is C15H17N3O3. The molecule has 0 aliphatic rings. The fourth-order valence-corrected chi connectivity index (χ4v) is 1.80. The molecule has 2 aromatic rings. The van der Waals surface area contributed by atoms with Crippen LogP contribution in [0.15, 0.2) is 47.4 Å². The number of nitrogens with two attached hydrogens (primary N) is 1. The van der Waals surface area contributed by atoms with E-state index in [0.717, 1.165) is 0 Å². The fraction of sp³-hybridized carbons (Fsp3) is 0.200. The number of hydrogen-bond donors (Lipinski definition) is 2. The van der Waals surface area contributed by atoms with Crippen molar-refractivity contribution in [2.45, 2.75) is 13.5 Å². The molecule has 110 valence electrons. The number of aromatic nitrogens is 1. The highest BCUT2D eigenvalue weighted by Gasteiger charge is 2.05. The van der Waals surface area contributed by atoms with Gasteiger partial charge in [-0.05, 0) is 25.1 Å². The Morgan fingerprint density at radius 1 is 1.33 bits per heavy atom. The topological polar surface area (TPSA) is 86.3 Å². The van der Waals surface area contributed by atoms with Gasteiger partial charge in [-0.2, -0.15) is 0 Å². The smallest absolute Gasteiger partial charge is 0.262 e. The normalized spacial score (nSPS) is 10.1. The van der Waals surface area contributed by atoms with Crippen molar-refractivity contribution in [1.29, 1.82) is 0 Å². The number of aryl methyl sites for hydroxylation is 1. The third-order valence-corrected chi connectivity index (χ3v) is 2.84. The Morgan fingerprint density at radius 2 is 2.14 bits per heavy atom. The number of nitrogen functional groups attached to an aromatic ring is 1. The van der Waals surface area contributed by atoms with Crippen molar-refractivity contribution >= 4 is 17.3 Å². The molecule has 0 spiro atoms. The number of hydrogen-bond acceptors (Lipinski definition) is 4. The predicted octanol–water partition coefficient (Wildman–Crippen LogP) is 1.47. The van der Waals surface area contributed by atoms with E-state index in [9.17, 15) is 9.59 Å². The molecule has 1 heterocycles. The summed E-state index contributed by atoms with van der Waals surface area (Å²) in [6.45, 7) is 2.27. The van der Waals surface area contributed by atoms with E-state index in [0.29, 0.717) is 23.7 Å². The van der Waals surface area contributed by atoms with E-state index in [4.69, 9.17) is 10.5 Å². The molecule has 1 aromatic carbocycles. The lowest BCUT2D eigenvalue weighted by atomic mass is 10.3. The van der Waals surface area contributed by atoms with Crippen LogP contribution in [0.5, 0.6) is 5.75 Å². The van der Waals surface area contributed by atoms with Crippen LogP contribution in [-0.2, 0) is 11.3 Å². The molecule has 1 aromatic heterocycles. The van der Waals surface area contributed by atoms with E-state index in [1.807, 2.05) is 6.92 Å². The Morgan fingerprint density at radius 3 is 2.86 bits per heavy atom. The summed E-state index contributed by atoms with van der Waals surface area (Å²) in [5, 5.41) is 2.67. The predicted molar refractivity (Wildman–Crippen MR) is 81.4 cm³/mol. The molecule has 0 aliphatic heterocycles. The summed E-state index contributed by atoms with van der Waals surface area (Å²) >= 11 is 0. The van der Waals surface area contributed by atoms with Crippen molar-refractivity contribution in [3.05, 3.63) is 52.9 Å². The van der Waals surface area contributed by atoms with Gasteiger partial charge in [0.25, 0.3) is 11.5 Å². The molecule has 2 rings (SSSR count). The van der Waals surface area contributed by atoms with Gasteiger partial charge >= 0.3 is 0 Å². The van der Waals surface area contributed by atoms with Crippen LogP contribution in [0.2, 0.25) is 0 Å². The third kappa shape index (κ3) is 4.10. The summed E-state index contributed by atoms with van der Waals surface area (Å²) < 4.78 is 6.85. The van der Waals surface area contributed by atoms with Gasteiger partial charge in [0.1, 0.15) is 5.75 Å². The molecule has 0 unspecified atom stereocenters. The quantitative estimate of drug-likeness (QED) is 0.815. The van der Waals surface area contributed by atoms with Crippen LogP contribution in [0.3, 0.4) is 0 Å². The number of ether oxygens (including phenoxy) is 1. The Bertz CT molecular complexity index is 695. The summed E-state index contributed by atoms with van der Waals surface area (Å²) in [4.78, 5) is 23.2. The lowest BCUT2D eigenvalue weighted by Gasteiger charge is -2.09. The maximum atomic E-state index is 11.8. The second-order valence-electron chi connectivity index (χ2n) is 4.45. The Labute approximate surface area is 122 Å². The van der Waals surface area contributed by atoms with Crippen LogP contribution in [0.1, 0.15) is 6.92 Å². The number of amides is 1. The minimum Gasteiger partial charge on any atom is -0.484 e. The van der Waals surface area contributed by atoms with Crippen LogP contribution in [-0.4, -0.2) is 17.1 Å². The van der Waals surface area contributed by atoms with Crippen molar-refractivity contribution in [3.8, 4) is 5.75 Å². The van der Waals surface area contributed by atoms with E-state index in [1.54, 1.807) is 36.5 Å². The number of rotatable bonds is 5. The van der Waals surface area contributed by atoms with Crippen LogP contribution < -0.4 is 21.3 Å². The van der Waals surface area contributed by atoms with E-state index in [2.05, 4.69) is 5.32 Å². The first-order chi connectivity index (χ1) is 10.1. The Balaban J connectivity index is 1.94. The molecule has 6 nitrogen and oxygen atoms in total. The summed E-state index contributed by atoms with van der Waals surface area (Å²) in [5.41, 5.74) is 6.64. The molecule has 0 atom stereocenters. The van der Waals surface area contributed by atoms with Gasteiger partial charge in [0.2, 0.25) is 0 Å². The molecule has 0 saturated heterocycles. The van der Waals surface area contributed by atoms with Gasteiger partial charge in [-0.15, -0.1) is 0 Å². The molecular weight excluding hydrogens is 270 g/mol. The van der Waals surface area contributed by atoms with Gasteiger partial charge in [0.15, 0.2) is 6.61 Å². The summed E-state index contributed by atoms with van der Waals surface area (Å²) in [6.07, 6.45) is 1.60. The first kappa shape index (κ1) is 14.6. The SMILES string of the molecule is CCn1cc(NC(=O)COc2cccc(N)c2)ccc1=O. The molecule has 0 aliphatic carbocycles. The fourth-order valence-electron chi connectivity index (χ4n) is 1.80. The van der Waals surface area contributed by atoms with Crippen molar-refractivity contribution in [2.24, 2.45) is 0 Å². The van der Waals surface area contributed by atoms with Gasteiger partial charge < -0.3 is 20.4 Å². The number of nitrogens with one attached hydrogen (secondary N) is 1. The minimum atomic E-state index is -0.307. The lowest BCUT2D eigenvalue weighted by molar-refractivity contribution is -0.118. The summed E-state index contributed by atoms with van der Waals surface area (Å²) in [6, 6.07) is 9.83. The molecule has 0 radical (unpaired) electrons. The van der Waals surface area contributed by atoms with Gasteiger partial charge in [-0.1, -0.05) is 6.07 Å². The zero-order valence-electron chi connectivity index (χ0n) is 11.7. The highest BCUT2D eigenvalue weighted by atomic mass is 16.5. The summed E-state index contributed by atoms with van der Waals surface area (Å²) in [7, 11) is 0. The Hall–Kier alpha value is -2.76. The minimum absolute atomic E-state index is 0.105. The number of pyridine rings is 1. The molecule has 0 fully saturated rings. The summed E-state index contributed by atoms with van der Waals surface area (Å²) in [5.74, 6) is 0.224. The third-order valence-electron chi connectivity index (χ3n) is 2.84. The Kier molecular flexibility index (Phi) is 4.61. The second kappa shape index (κ2) is 6.60. The monoisotopic (exact) mass is 287 g/mol. The first-order valence-corrected chi connectivity index (χ1v) is 6.57. The van der Waals surface area contributed by atoms with Crippen LogP contribution in [0.4, 0.5) is 11.4 Å². The van der Waals surface area contributed by atoms with E-state index >= 15 is 0 Å². The standard InChI is InChI=1S/C15H17N3O3/c1-2-18-9-12(6-7-15(18)20)17-14(19)10-21-13-5-3-4-11(16)8-13/h3-9H,2,10,16H2,1H3,(H,17,19). The highest BCUT2D eigenvalue weighted by Crippen LogP contribution is 2.14. The maximum Gasteiger partial charge on any atom is 0.262 e. The second-order valence-corrected chi connectivity index (χ2v) is 4.45. The molecule has 0 bridgehead atoms. The average Bonchev–Trinajstić information content (AvgIpc) is 2.47. The van der Waals surface area contributed by atoms with Crippen molar-refractivity contribution < 1.29 is 9.53 Å². The number of nitrogens with zero attached hydrogens (tertiary/aromatic N) is 1. The van der Waals surface area contributed by atoms with Crippen molar-refractivity contribution in [2.75, 3.05) is 17.7 Å². The molecule has 21 heavy (non-hydrogen) atoms. The van der Waals surface area contributed by atoms with Crippen LogP contribution in [0.25, 0.3) is 0 Å². The van der Waals surface area contributed by atoms with Gasteiger partial charge in [-0.25, -0.2) is 0 Å². The van der Waals surface area contributed by atoms with Gasteiger partial charge in [0.05, 0.1) is 5.69 Å². The molecule has 3 N–H and O–H groups in total. The molecule has 6 heteroatoms. The number of benzene rings is 1. The number of anilines is 2. The largest absolute Gasteiger partial charge is 0.484 e.